The van der Waals surface area contributed by atoms with Gasteiger partial charge in [0.1, 0.15) is 11.2 Å². The molecule has 0 amide bonds. The molecular weight excluding hydrogens is 999 g/mol. The third-order valence-corrected chi connectivity index (χ3v) is 17.2. The monoisotopic (exact) mass is 1050 g/mol. The summed E-state index contributed by atoms with van der Waals surface area (Å²) in [7, 11) is 0. The van der Waals surface area contributed by atoms with Gasteiger partial charge in [0.05, 0.1) is 39.3 Å². The first-order valence-electron chi connectivity index (χ1n) is 28.4. The Morgan fingerprint density at radius 3 is 1.18 bits per heavy atom. The molecule has 0 unspecified atom stereocenters. The SMILES string of the molecule is CC(C)c1ccc(N(c2cccc3c2oc2c(-c4ccccc4)cccc23)c2c3ccccc3cc3c2c2cccc4c5c(N(c6ccccc6)c6cccc7c6oc6c(-c8ccccc8)cccc67)c6ccccc6cc5n3c42)cc1. The van der Waals surface area contributed by atoms with E-state index in [1.165, 1.54) is 32.6 Å². The van der Waals surface area contributed by atoms with Gasteiger partial charge in [0.2, 0.25) is 0 Å². The first-order valence-corrected chi connectivity index (χ1v) is 28.4. The molecule has 4 heterocycles. The Labute approximate surface area is 472 Å². The van der Waals surface area contributed by atoms with Gasteiger partial charge in [-0.3, -0.25) is 0 Å². The van der Waals surface area contributed by atoms with E-state index in [1.54, 1.807) is 0 Å². The lowest BCUT2D eigenvalue weighted by atomic mass is 9.97. The summed E-state index contributed by atoms with van der Waals surface area (Å²) in [5.74, 6) is 0.370. The first kappa shape index (κ1) is 46.3. The molecule has 0 aliphatic carbocycles. The zero-order valence-corrected chi connectivity index (χ0v) is 45.1. The summed E-state index contributed by atoms with van der Waals surface area (Å²) in [6.07, 6.45) is 0. The summed E-state index contributed by atoms with van der Waals surface area (Å²) in [6, 6.07) is 97.0. The molecule has 0 aliphatic heterocycles. The van der Waals surface area contributed by atoms with E-state index < -0.39 is 0 Å². The van der Waals surface area contributed by atoms with Crippen molar-refractivity contribution in [3.05, 3.63) is 272 Å². The molecule has 0 saturated heterocycles. The number of fused-ring (bicyclic) bond motifs is 14. The molecule has 0 atom stereocenters. The van der Waals surface area contributed by atoms with Gasteiger partial charge in [-0.1, -0.05) is 232 Å². The third-order valence-electron chi connectivity index (χ3n) is 17.2. The predicted octanol–water partition coefficient (Wildman–Crippen LogP) is 22.3. The topological polar surface area (TPSA) is 37.2 Å². The molecule has 13 aromatic carbocycles. The summed E-state index contributed by atoms with van der Waals surface area (Å²) < 4.78 is 17.1. The van der Waals surface area contributed by atoms with Crippen molar-refractivity contribution in [1.82, 2.24) is 4.40 Å². The molecule has 17 aromatic rings. The predicted molar refractivity (Wildman–Crippen MR) is 345 cm³/mol. The van der Waals surface area contributed by atoms with Gasteiger partial charge >= 0.3 is 0 Å². The number of hydrogen-bond donors (Lipinski definition) is 0. The number of anilines is 6. The van der Waals surface area contributed by atoms with Gasteiger partial charge in [-0.05, 0) is 81.9 Å². The van der Waals surface area contributed by atoms with Crippen LogP contribution in [-0.2, 0) is 0 Å². The van der Waals surface area contributed by atoms with Gasteiger partial charge in [0, 0.05) is 76.4 Å². The van der Waals surface area contributed by atoms with E-state index in [0.717, 1.165) is 133 Å². The molecular formula is C77H51N3O2. The van der Waals surface area contributed by atoms with Crippen LogP contribution in [-0.4, -0.2) is 4.40 Å². The van der Waals surface area contributed by atoms with Crippen molar-refractivity contribution in [2.75, 3.05) is 9.80 Å². The lowest BCUT2D eigenvalue weighted by Crippen LogP contribution is -2.12. The maximum absolute atomic E-state index is 7.31. The van der Waals surface area contributed by atoms with Crippen molar-refractivity contribution in [2.45, 2.75) is 19.8 Å². The standard InChI is InChI=1S/C77H51N3O2/c1-47(2)48-41-43-54(44-42-48)79(66-40-20-36-62-60-34-17-32-58(75(60)82-77(62)66)50-23-8-4-9-24-50)73-56-30-15-13-26-52(56)46-68-70(73)64-38-18-37-63-69-67(80(68)71(63)64)45-51-25-12-14-29-55(51)72(69)78(53-27-10-5-11-28-53)65-39-19-35-61-59-33-16-31-57(74(59)81-76(61)65)49-21-6-3-7-22-49/h3-47H,1-2H3. The largest absolute Gasteiger partial charge is 0.453 e. The summed E-state index contributed by atoms with van der Waals surface area (Å²) in [5.41, 5.74) is 18.7. The Morgan fingerprint density at radius 1 is 0.329 bits per heavy atom. The number of aromatic nitrogens is 1. The first-order chi connectivity index (χ1) is 40.6. The molecule has 0 saturated carbocycles. The Bertz CT molecular complexity index is 5370. The number of rotatable bonds is 9. The fourth-order valence-electron chi connectivity index (χ4n) is 13.6. The molecule has 0 bridgehead atoms. The maximum atomic E-state index is 7.31. The average Bonchev–Trinajstić information content (AvgIpc) is 3.68. The number of nitrogens with zero attached hydrogens (tertiary/aromatic N) is 3. The maximum Gasteiger partial charge on any atom is 0.159 e. The molecule has 0 spiro atoms. The van der Waals surface area contributed by atoms with Crippen LogP contribution >= 0.6 is 0 Å². The van der Waals surface area contributed by atoms with E-state index in [0.29, 0.717) is 5.92 Å². The smallest absolute Gasteiger partial charge is 0.159 e. The van der Waals surface area contributed by atoms with E-state index in [-0.39, 0.29) is 0 Å². The second-order valence-corrected chi connectivity index (χ2v) is 22.1. The van der Waals surface area contributed by atoms with E-state index in [1.807, 2.05) is 0 Å². The molecule has 17 rings (SSSR count). The van der Waals surface area contributed by atoms with Crippen LogP contribution in [0.4, 0.5) is 34.1 Å². The van der Waals surface area contributed by atoms with E-state index in [9.17, 15) is 0 Å². The summed E-state index contributed by atoms with van der Waals surface area (Å²) in [6.45, 7) is 4.52. The van der Waals surface area contributed by atoms with Crippen molar-refractivity contribution in [3.63, 3.8) is 0 Å². The van der Waals surface area contributed by atoms with Crippen molar-refractivity contribution < 1.29 is 8.83 Å². The molecule has 386 valence electrons. The highest BCUT2D eigenvalue weighted by Gasteiger charge is 2.31. The van der Waals surface area contributed by atoms with E-state index in [2.05, 4.69) is 295 Å². The second-order valence-electron chi connectivity index (χ2n) is 22.1. The van der Waals surface area contributed by atoms with Crippen LogP contribution in [0.15, 0.2) is 276 Å². The second kappa shape index (κ2) is 18.0. The number of para-hydroxylation sites is 6. The molecule has 4 aromatic heterocycles. The van der Waals surface area contributed by atoms with Crippen molar-refractivity contribution in [2.24, 2.45) is 0 Å². The van der Waals surface area contributed by atoms with Crippen LogP contribution < -0.4 is 9.80 Å². The highest BCUT2D eigenvalue weighted by atomic mass is 16.3. The van der Waals surface area contributed by atoms with E-state index in [4.69, 9.17) is 8.83 Å². The van der Waals surface area contributed by atoms with Crippen molar-refractivity contribution in [3.8, 4) is 22.3 Å². The Balaban J connectivity index is 0.984. The zero-order valence-electron chi connectivity index (χ0n) is 45.1. The fraction of sp³-hybridized carbons (Fsp3) is 0.0390. The minimum absolute atomic E-state index is 0.370. The lowest BCUT2D eigenvalue weighted by Gasteiger charge is -2.29. The summed E-state index contributed by atoms with van der Waals surface area (Å²) in [4.78, 5) is 4.95. The van der Waals surface area contributed by atoms with Crippen LogP contribution in [0.5, 0.6) is 0 Å². The van der Waals surface area contributed by atoms with Gasteiger partial charge in [0.15, 0.2) is 11.2 Å². The molecule has 5 heteroatoms. The van der Waals surface area contributed by atoms with E-state index >= 15 is 0 Å². The molecule has 0 N–H and O–H groups in total. The summed E-state index contributed by atoms with van der Waals surface area (Å²) in [5, 5.41) is 13.6. The molecule has 5 nitrogen and oxygen atoms in total. The quantitative estimate of drug-likeness (QED) is 0.144. The van der Waals surface area contributed by atoms with Crippen LogP contribution in [0.1, 0.15) is 25.3 Å². The Morgan fingerprint density at radius 2 is 0.707 bits per heavy atom. The third kappa shape index (κ3) is 6.74. The van der Waals surface area contributed by atoms with Crippen molar-refractivity contribution >= 4 is 138 Å². The molecule has 0 aliphatic rings. The van der Waals surface area contributed by atoms with Crippen molar-refractivity contribution in [1.29, 1.82) is 0 Å². The van der Waals surface area contributed by atoms with Crippen LogP contribution in [0.2, 0.25) is 0 Å². The Kier molecular flexibility index (Phi) is 10.1. The fourth-order valence-corrected chi connectivity index (χ4v) is 13.6. The minimum Gasteiger partial charge on any atom is -0.453 e. The number of benzene rings is 13. The molecule has 0 fully saturated rings. The number of furan rings is 2. The van der Waals surface area contributed by atoms with Gasteiger partial charge in [-0.25, -0.2) is 0 Å². The zero-order chi connectivity index (χ0) is 54.2. The highest BCUT2D eigenvalue weighted by molar-refractivity contribution is 6.34. The normalized spacial score (nSPS) is 12.1. The number of hydrogen-bond acceptors (Lipinski definition) is 4. The van der Waals surface area contributed by atoms with Crippen LogP contribution in [0.3, 0.4) is 0 Å². The van der Waals surface area contributed by atoms with Gasteiger partial charge in [-0.2, -0.15) is 0 Å². The molecule has 0 radical (unpaired) electrons. The lowest BCUT2D eigenvalue weighted by molar-refractivity contribution is 0.670. The van der Waals surface area contributed by atoms with Gasteiger partial charge in [-0.15, -0.1) is 0 Å². The van der Waals surface area contributed by atoms with Gasteiger partial charge < -0.3 is 23.0 Å². The Hall–Kier alpha value is -10.6. The van der Waals surface area contributed by atoms with Gasteiger partial charge in [0.25, 0.3) is 0 Å². The minimum atomic E-state index is 0.370. The average molecular weight is 1050 g/mol. The summed E-state index contributed by atoms with van der Waals surface area (Å²) >= 11 is 0. The van der Waals surface area contributed by atoms with Crippen LogP contribution in [0, 0.1) is 0 Å². The highest BCUT2D eigenvalue weighted by Crippen LogP contribution is 2.55. The van der Waals surface area contributed by atoms with Crippen LogP contribution in [0.25, 0.3) is 126 Å². The molecule has 82 heavy (non-hydrogen) atoms.